The molecular formula is C16H33NO2. The lowest BCUT2D eigenvalue weighted by Gasteiger charge is -2.45. The smallest absolute Gasteiger partial charge is 0.216 e. The second-order valence-corrected chi connectivity index (χ2v) is 7.90. The second kappa shape index (κ2) is 6.74. The number of amides is 1. The molecule has 1 atom stereocenters. The van der Waals surface area contributed by atoms with Gasteiger partial charge in [0, 0.05) is 20.1 Å². The highest BCUT2D eigenvalue weighted by Gasteiger charge is 2.41. The van der Waals surface area contributed by atoms with Crippen LogP contribution in [-0.4, -0.2) is 24.7 Å². The molecule has 0 aliphatic carbocycles. The molecular weight excluding hydrogens is 238 g/mol. The molecule has 0 fully saturated rings. The molecule has 0 aromatic heterocycles. The number of carbonyl (C=O) groups is 1. The van der Waals surface area contributed by atoms with Gasteiger partial charge >= 0.3 is 0 Å². The van der Waals surface area contributed by atoms with Gasteiger partial charge in [-0.15, -0.1) is 0 Å². The number of hydrogen-bond donors (Lipinski definition) is 1. The first-order valence-electron chi connectivity index (χ1n) is 7.26. The molecule has 0 saturated heterocycles. The van der Waals surface area contributed by atoms with E-state index in [4.69, 9.17) is 4.74 Å². The number of rotatable bonds is 6. The zero-order valence-electron chi connectivity index (χ0n) is 14.1. The van der Waals surface area contributed by atoms with Crippen LogP contribution in [0.1, 0.15) is 68.2 Å². The highest BCUT2D eigenvalue weighted by atomic mass is 16.5. The average Bonchev–Trinajstić information content (AvgIpc) is 2.11. The predicted molar refractivity (Wildman–Crippen MR) is 81.2 cm³/mol. The van der Waals surface area contributed by atoms with Crippen molar-refractivity contribution in [2.75, 3.05) is 13.2 Å². The molecule has 19 heavy (non-hydrogen) atoms. The third-order valence-corrected chi connectivity index (χ3v) is 3.57. The summed E-state index contributed by atoms with van der Waals surface area (Å²) in [5.41, 5.74) is 0.176. The van der Waals surface area contributed by atoms with E-state index in [1.54, 1.807) is 6.92 Å². The zero-order valence-corrected chi connectivity index (χ0v) is 14.1. The fourth-order valence-corrected chi connectivity index (χ4v) is 2.18. The van der Waals surface area contributed by atoms with Crippen LogP contribution in [0.3, 0.4) is 0 Å². The lowest BCUT2D eigenvalue weighted by atomic mass is 9.69. The fraction of sp³-hybridized carbons (Fsp3) is 0.938. The maximum Gasteiger partial charge on any atom is 0.216 e. The summed E-state index contributed by atoms with van der Waals surface area (Å²) in [7, 11) is 0. The molecule has 0 aliphatic heterocycles. The van der Waals surface area contributed by atoms with E-state index in [1.165, 1.54) is 0 Å². The fourth-order valence-electron chi connectivity index (χ4n) is 2.18. The van der Waals surface area contributed by atoms with E-state index < -0.39 is 0 Å². The van der Waals surface area contributed by atoms with Gasteiger partial charge in [-0.25, -0.2) is 0 Å². The van der Waals surface area contributed by atoms with Crippen LogP contribution in [0.5, 0.6) is 0 Å². The molecule has 1 amide bonds. The van der Waals surface area contributed by atoms with Crippen molar-refractivity contribution in [3.63, 3.8) is 0 Å². The molecule has 0 aromatic carbocycles. The van der Waals surface area contributed by atoms with Crippen LogP contribution < -0.4 is 5.32 Å². The number of ether oxygens (including phenoxy) is 1. The van der Waals surface area contributed by atoms with Crippen molar-refractivity contribution in [3.05, 3.63) is 0 Å². The summed E-state index contributed by atoms with van der Waals surface area (Å²) in [6, 6.07) is 0. The Morgan fingerprint density at radius 3 is 1.95 bits per heavy atom. The van der Waals surface area contributed by atoms with Crippen molar-refractivity contribution in [2.45, 2.75) is 73.8 Å². The van der Waals surface area contributed by atoms with Crippen LogP contribution in [0.15, 0.2) is 0 Å². The van der Waals surface area contributed by atoms with Gasteiger partial charge in [0.2, 0.25) is 5.91 Å². The van der Waals surface area contributed by atoms with Gasteiger partial charge in [0.05, 0.1) is 5.60 Å². The van der Waals surface area contributed by atoms with E-state index in [9.17, 15) is 4.79 Å². The Labute approximate surface area is 119 Å². The number of nitrogens with one attached hydrogen (secondary N) is 1. The first kappa shape index (κ1) is 18.4. The van der Waals surface area contributed by atoms with Crippen LogP contribution in [0.25, 0.3) is 0 Å². The maximum absolute atomic E-state index is 10.8. The van der Waals surface area contributed by atoms with Crippen LogP contribution in [0, 0.1) is 10.8 Å². The first-order valence-corrected chi connectivity index (χ1v) is 7.26. The quantitative estimate of drug-likeness (QED) is 0.747. The van der Waals surface area contributed by atoms with Crippen molar-refractivity contribution in [2.24, 2.45) is 10.8 Å². The lowest BCUT2D eigenvalue weighted by molar-refractivity contribution is -0.126. The lowest BCUT2D eigenvalue weighted by Crippen LogP contribution is -2.46. The average molecular weight is 271 g/mol. The van der Waals surface area contributed by atoms with Crippen LogP contribution >= 0.6 is 0 Å². The van der Waals surface area contributed by atoms with Gasteiger partial charge in [-0.05, 0) is 30.6 Å². The standard InChI is InChI=1S/C16H33NO2/c1-13(18)17-10-9-11-19-16(8,15(5,6)7)12-14(2,3)4/h9-12H2,1-8H3,(H,17,18). The summed E-state index contributed by atoms with van der Waals surface area (Å²) in [5.74, 6) is 0.0216. The van der Waals surface area contributed by atoms with E-state index in [2.05, 4.69) is 53.8 Å². The maximum atomic E-state index is 10.8. The monoisotopic (exact) mass is 271 g/mol. The minimum atomic E-state index is -0.151. The first-order chi connectivity index (χ1) is 8.37. The molecule has 0 aromatic rings. The highest BCUT2D eigenvalue weighted by Crippen LogP contribution is 2.42. The Hall–Kier alpha value is -0.570. The molecule has 0 radical (unpaired) electrons. The summed E-state index contributed by atoms with van der Waals surface area (Å²) in [6.07, 6.45) is 1.87. The molecule has 1 N–H and O–H groups in total. The Morgan fingerprint density at radius 1 is 1.05 bits per heavy atom. The van der Waals surface area contributed by atoms with E-state index in [0.717, 1.165) is 12.8 Å². The van der Waals surface area contributed by atoms with E-state index in [1.807, 2.05) is 0 Å². The van der Waals surface area contributed by atoms with E-state index >= 15 is 0 Å². The minimum Gasteiger partial charge on any atom is -0.375 e. The topological polar surface area (TPSA) is 38.3 Å². The Bertz CT molecular complexity index is 286. The summed E-state index contributed by atoms with van der Waals surface area (Å²) in [5, 5.41) is 2.80. The second-order valence-electron chi connectivity index (χ2n) is 7.90. The molecule has 0 bridgehead atoms. The molecule has 0 spiro atoms. The van der Waals surface area contributed by atoms with E-state index in [-0.39, 0.29) is 22.3 Å². The third kappa shape index (κ3) is 7.56. The molecule has 0 aliphatic rings. The van der Waals surface area contributed by atoms with Gasteiger partial charge in [0.1, 0.15) is 0 Å². The molecule has 3 heteroatoms. The summed E-state index contributed by atoms with van der Waals surface area (Å²) >= 11 is 0. The summed E-state index contributed by atoms with van der Waals surface area (Å²) in [4.78, 5) is 10.8. The SMILES string of the molecule is CC(=O)NCCCOC(C)(CC(C)(C)C)C(C)(C)C. The normalized spacial score (nSPS) is 16.0. The van der Waals surface area contributed by atoms with Gasteiger partial charge in [0.15, 0.2) is 0 Å². The van der Waals surface area contributed by atoms with Crippen LogP contribution in [0.4, 0.5) is 0 Å². The van der Waals surface area contributed by atoms with Gasteiger partial charge in [-0.2, -0.15) is 0 Å². The van der Waals surface area contributed by atoms with Crippen molar-refractivity contribution in [1.82, 2.24) is 5.32 Å². The van der Waals surface area contributed by atoms with E-state index in [0.29, 0.717) is 13.2 Å². The molecule has 0 saturated carbocycles. The van der Waals surface area contributed by atoms with Crippen molar-refractivity contribution in [1.29, 1.82) is 0 Å². The predicted octanol–water partition coefficient (Wildman–Crippen LogP) is 3.77. The minimum absolute atomic E-state index is 0.0216. The van der Waals surface area contributed by atoms with Gasteiger partial charge < -0.3 is 10.1 Å². The Kier molecular flexibility index (Phi) is 6.53. The van der Waals surface area contributed by atoms with Crippen molar-refractivity contribution in [3.8, 4) is 0 Å². The molecule has 0 rings (SSSR count). The van der Waals surface area contributed by atoms with Gasteiger partial charge in [0.25, 0.3) is 0 Å². The number of hydrogen-bond acceptors (Lipinski definition) is 2. The molecule has 1 unspecified atom stereocenters. The highest BCUT2D eigenvalue weighted by molar-refractivity contribution is 5.72. The largest absolute Gasteiger partial charge is 0.375 e. The van der Waals surface area contributed by atoms with Crippen LogP contribution in [0.2, 0.25) is 0 Å². The van der Waals surface area contributed by atoms with Crippen molar-refractivity contribution >= 4 is 5.91 Å². The zero-order chi connectivity index (χ0) is 15.3. The summed E-state index contributed by atoms with van der Waals surface area (Å²) < 4.78 is 6.20. The van der Waals surface area contributed by atoms with Crippen molar-refractivity contribution < 1.29 is 9.53 Å². The van der Waals surface area contributed by atoms with Gasteiger partial charge in [-0.3, -0.25) is 4.79 Å². The molecule has 114 valence electrons. The Morgan fingerprint density at radius 2 is 1.58 bits per heavy atom. The van der Waals surface area contributed by atoms with Gasteiger partial charge in [-0.1, -0.05) is 41.5 Å². The third-order valence-electron chi connectivity index (χ3n) is 3.57. The summed E-state index contributed by atoms with van der Waals surface area (Å²) in [6.45, 7) is 18.5. The molecule has 0 heterocycles. The molecule has 3 nitrogen and oxygen atoms in total. The van der Waals surface area contributed by atoms with Crippen LogP contribution in [-0.2, 0) is 9.53 Å². The number of carbonyl (C=O) groups excluding carboxylic acids is 1. The Balaban J connectivity index is 4.42.